The number of nitrogens with zero attached hydrogens (tertiary/aromatic N) is 1. The predicted molar refractivity (Wildman–Crippen MR) is 55.1 cm³/mol. The zero-order valence-corrected chi connectivity index (χ0v) is 8.08. The summed E-state index contributed by atoms with van der Waals surface area (Å²) in [4.78, 5) is 17.6. The molecule has 1 saturated carbocycles. The molecule has 76 valence electrons. The van der Waals surface area contributed by atoms with Crippen LogP contribution in [0.4, 0.5) is 11.5 Å². The summed E-state index contributed by atoms with van der Waals surface area (Å²) in [7, 11) is 0. The SMILES string of the molecule is CC(Nc1nc[nH]c(=O)c1N)C1CC1. The number of rotatable bonds is 3. The van der Waals surface area contributed by atoms with E-state index in [2.05, 4.69) is 22.2 Å². The largest absolute Gasteiger partial charge is 0.391 e. The van der Waals surface area contributed by atoms with Gasteiger partial charge in [0.25, 0.3) is 5.56 Å². The maximum absolute atomic E-state index is 11.1. The van der Waals surface area contributed by atoms with Crippen LogP contribution in [0.25, 0.3) is 0 Å². The first kappa shape index (κ1) is 9.05. The number of aromatic amines is 1. The molecule has 1 atom stereocenters. The van der Waals surface area contributed by atoms with Gasteiger partial charge in [-0.2, -0.15) is 0 Å². The lowest BCUT2D eigenvalue weighted by Gasteiger charge is -2.13. The van der Waals surface area contributed by atoms with Crippen molar-refractivity contribution in [2.24, 2.45) is 5.92 Å². The Labute approximate surface area is 81.7 Å². The zero-order chi connectivity index (χ0) is 10.1. The first-order chi connectivity index (χ1) is 6.68. The summed E-state index contributed by atoms with van der Waals surface area (Å²) in [6, 6.07) is 0.339. The van der Waals surface area contributed by atoms with Crippen molar-refractivity contribution >= 4 is 11.5 Å². The Hall–Kier alpha value is -1.52. The minimum absolute atomic E-state index is 0.167. The molecule has 5 nitrogen and oxygen atoms in total. The van der Waals surface area contributed by atoms with Crippen molar-refractivity contribution < 1.29 is 0 Å². The lowest BCUT2D eigenvalue weighted by molar-refractivity contribution is 0.690. The van der Waals surface area contributed by atoms with Gasteiger partial charge < -0.3 is 16.0 Å². The molecule has 1 fully saturated rings. The summed E-state index contributed by atoms with van der Waals surface area (Å²) in [5.41, 5.74) is 5.46. The second kappa shape index (κ2) is 3.32. The van der Waals surface area contributed by atoms with Gasteiger partial charge >= 0.3 is 0 Å². The van der Waals surface area contributed by atoms with Crippen molar-refractivity contribution in [2.75, 3.05) is 11.1 Å². The molecule has 0 aliphatic heterocycles. The van der Waals surface area contributed by atoms with Crippen LogP contribution in [0.5, 0.6) is 0 Å². The van der Waals surface area contributed by atoms with Crippen molar-refractivity contribution in [2.45, 2.75) is 25.8 Å². The van der Waals surface area contributed by atoms with E-state index in [9.17, 15) is 4.79 Å². The van der Waals surface area contributed by atoms with Crippen molar-refractivity contribution in [3.05, 3.63) is 16.7 Å². The molecule has 1 aliphatic carbocycles. The molecule has 1 aromatic heterocycles. The van der Waals surface area contributed by atoms with Crippen LogP contribution in [0, 0.1) is 5.92 Å². The average Bonchev–Trinajstić information content (AvgIpc) is 2.95. The number of nitrogens with two attached hydrogens (primary N) is 1. The topological polar surface area (TPSA) is 83.8 Å². The maximum Gasteiger partial charge on any atom is 0.276 e. The van der Waals surface area contributed by atoms with Gasteiger partial charge in [0.1, 0.15) is 5.69 Å². The first-order valence-corrected chi connectivity index (χ1v) is 4.78. The Morgan fingerprint density at radius 2 is 2.43 bits per heavy atom. The lowest BCUT2D eigenvalue weighted by Crippen LogP contribution is -2.22. The molecular formula is C9H14N4O. The number of nitrogen functional groups attached to an aromatic ring is 1. The minimum atomic E-state index is -0.287. The zero-order valence-electron chi connectivity index (χ0n) is 8.08. The van der Waals surface area contributed by atoms with E-state index in [4.69, 9.17) is 5.73 Å². The monoisotopic (exact) mass is 194 g/mol. The van der Waals surface area contributed by atoms with Crippen LogP contribution < -0.4 is 16.6 Å². The number of nitrogens with one attached hydrogen (secondary N) is 2. The molecule has 0 aromatic carbocycles. The molecule has 2 rings (SSSR count). The Bertz CT molecular complexity index is 383. The van der Waals surface area contributed by atoms with Gasteiger partial charge in [-0.05, 0) is 25.7 Å². The Kier molecular flexibility index (Phi) is 2.15. The highest BCUT2D eigenvalue weighted by molar-refractivity contribution is 5.59. The van der Waals surface area contributed by atoms with Crippen LogP contribution in [-0.2, 0) is 0 Å². The third-order valence-electron chi connectivity index (χ3n) is 2.58. The number of H-pyrrole nitrogens is 1. The van der Waals surface area contributed by atoms with Gasteiger partial charge in [-0.1, -0.05) is 0 Å². The molecule has 1 unspecified atom stereocenters. The number of hydrogen-bond acceptors (Lipinski definition) is 4. The van der Waals surface area contributed by atoms with Gasteiger partial charge in [0.2, 0.25) is 0 Å². The van der Waals surface area contributed by atoms with Crippen molar-refractivity contribution in [3.63, 3.8) is 0 Å². The third kappa shape index (κ3) is 1.71. The Balaban J connectivity index is 2.15. The molecule has 0 bridgehead atoms. The number of anilines is 2. The molecular weight excluding hydrogens is 180 g/mol. The highest BCUT2D eigenvalue weighted by Crippen LogP contribution is 2.33. The fourth-order valence-corrected chi connectivity index (χ4v) is 1.46. The summed E-state index contributed by atoms with van der Waals surface area (Å²) in [6.07, 6.45) is 3.86. The summed E-state index contributed by atoms with van der Waals surface area (Å²) in [6.45, 7) is 2.08. The first-order valence-electron chi connectivity index (χ1n) is 4.78. The number of hydrogen-bond donors (Lipinski definition) is 3. The van der Waals surface area contributed by atoms with Crippen LogP contribution in [-0.4, -0.2) is 16.0 Å². The summed E-state index contributed by atoms with van der Waals surface area (Å²) in [5.74, 6) is 1.20. The van der Waals surface area contributed by atoms with Crippen LogP contribution in [0.2, 0.25) is 0 Å². The third-order valence-corrected chi connectivity index (χ3v) is 2.58. The highest BCUT2D eigenvalue weighted by atomic mass is 16.1. The van der Waals surface area contributed by atoms with Crippen LogP contribution in [0.1, 0.15) is 19.8 Å². The maximum atomic E-state index is 11.1. The van der Waals surface area contributed by atoms with E-state index in [-0.39, 0.29) is 11.2 Å². The van der Waals surface area contributed by atoms with Gasteiger partial charge in [-0.25, -0.2) is 4.98 Å². The van der Waals surface area contributed by atoms with Gasteiger partial charge in [-0.15, -0.1) is 0 Å². The van der Waals surface area contributed by atoms with Gasteiger partial charge in [0, 0.05) is 6.04 Å². The summed E-state index contributed by atoms with van der Waals surface area (Å²) >= 11 is 0. The second-order valence-electron chi connectivity index (χ2n) is 3.76. The predicted octanol–water partition coefficient (Wildman–Crippen LogP) is 0.562. The van der Waals surface area contributed by atoms with Gasteiger partial charge in [-0.3, -0.25) is 4.79 Å². The molecule has 0 amide bonds. The second-order valence-corrected chi connectivity index (χ2v) is 3.76. The van der Waals surface area contributed by atoms with E-state index in [0.717, 1.165) is 0 Å². The standard InChI is InChI=1S/C9H14N4O/c1-5(6-2-3-6)13-8-7(10)9(14)12-4-11-8/h4-6H,2-3,10H2,1H3,(H2,11,12,13,14). The molecule has 0 saturated heterocycles. The van der Waals surface area contributed by atoms with Crippen LogP contribution >= 0.6 is 0 Å². The van der Waals surface area contributed by atoms with Crippen molar-refractivity contribution in [1.29, 1.82) is 0 Å². The van der Waals surface area contributed by atoms with Gasteiger partial charge in [0.15, 0.2) is 5.82 Å². The van der Waals surface area contributed by atoms with Crippen molar-refractivity contribution in [1.82, 2.24) is 9.97 Å². The van der Waals surface area contributed by atoms with E-state index in [1.165, 1.54) is 19.2 Å². The Morgan fingerprint density at radius 3 is 3.07 bits per heavy atom. The van der Waals surface area contributed by atoms with Gasteiger partial charge in [0.05, 0.1) is 6.33 Å². The van der Waals surface area contributed by atoms with E-state index in [1.54, 1.807) is 0 Å². The Morgan fingerprint density at radius 1 is 1.71 bits per heavy atom. The highest BCUT2D eigenvalue weighted by Gasteiger charge is 2.28. The van der Waals surface area contributed by atoms with E-state index < -0.39 is 0 Å². The minimum Gasteiger partial charge on any atom is -0.391 e. The van der Waals surface area contributed by atoms with Crippen LogP contribution in [0.3, 0.4) is 0 Å². The van der Waals surface area contributed by atoms with E-state index >= 15 is 0 Å². The fraction of sp³-hybridized carbons (Fsp3) is 0.556. The fourth-order valence-electron chi connectivity index (χ4n) is 1.46. The molecule has 0 spiro atoms. The molecule has 1 heterocycles. The van der Waals surface area contributed by atoms with Crippen LogP contribution in [0.15, 0.2) is 11.1 Å². The quantitative estimate of drug-likeness (QED) is 0.656. The summed E-state index contributed by atoms with van der Waals surface area (Å²) in [5, 5.41) is 3.16. The molecule has 1 aromatic rings. The normalized spacial score (nSPS) is 17.8. The van der Waals surface area contributed by atoms with Crippen molar-refractivity contribution in [3.8, 4) is 0 Å². The lowest BCUT2D eigenvalue weighted by atomic mass is 10.2. The molecule has 5 heteroatoms. The van der Waals surface area contributed by atoms with E-state index in [0.29, 0.717) is 17.8 Å². The van der Waals surface area contributed by atoms with E-state index in [1.807, 2.05) is 0 Å². The average molecular weight is 194 g/mol. The summed E-state index contributed by atoms with van der Waals surface area (Å²) < 4.78 is 0. The molecule has 14 heavy (non-hydrogen) atoms. The number of aromatic nitrogens is 2. The smallest absolute Gasteiger partial charge is 0.276 e. The molecule has 4 N–H and O–H groups in total. The molecule has 1 aliphatic rings. The molecule has 0 radical (unpaired) electrons.